The lowest BCUT2D eigenvalue weighted by atomic mass is 10.0. The molecule has 2 nitrogen and oxygen atoms in total. The van der Waals surface area contributed by atoms with Crippen LogP contribution < -0.4 is 0 Å². The molecule has 1 aromatic heterocycles. The minimum atomic E-state index is 0.893. The van der Waals surface area contributed by atoms with Gasteiger partial charge in [-0.05, 0) is 29.7 Å². The van der Waals surface area contributed by atoms with Crippen LogP contribution in [0.2, 0.25) is 0 Å². The van der Waals surface area contributed by atoms with Crippen LogP contribution in [0.5, 0.6) is 0 Å². The summed E-state index contributed by atoms with van der Waals surface area (Å²) in [6, 6.07) is 31.1. The maximum Gasteiger partial charge on any atom is 0.138 e. The number of H-pyrrole nitrogens is 1. The number of rotatable bonds is 1. The fraction of sp³-hybridized carbons (Fsp3) is 0. The summed E-state index contributed by atoms with van der Waals surface area (Å²) in [5, 5.41) is 2.55. The van der Waals surface area contributed by atoms with Crippen molar-refractivity contribution in [1.29, 1.82) is 0 Å². The van der Waals surface area contributed by atoms with E-state index in [1.807, 2.05) is 42.5 Å². The van der Waals surface area contributed by atoms with Crippen LogP contribution in [-0.2, 0) is 0 Å². The van der Waals surface area contributed by atoms with Crippen molar-refractivity contribution in [1.82, 2.24) is 9.97 Å². The zero-order valence-electron chi connectivity index (χ0n) is 15.6. The van der Waals surface area contributed by atoms with E-state index in [1.54, 1.807) is 0 Å². The SMILES string of the molecule is C(#Cc1ccc(-c2nc3c([nH]2)-c2cccc4cccc-3c24)cc1)c1ccccc1. The standard InChI is InChI=1S/C27H16N2/c1-2-6-18(7-3-1)12-13-19-14-16-21(17-15-19)27-28-25-22-10-4-8-20-9-5-11-23(24(20)22)26(25)29-27/h1-11,14-17H,(H,28,29). The Morgan fingerprint density at radius 1 is 0.621 bits per heavy atom. The fourth-order valence-electron chi connectivity index (χ4n) is 4.02. The lowest BCUT2D eigenvalue weighted by Gasteiger charge is -2.02. The molecule has 0 saturated carbocycles. The number of hydrogen-bond donors (Lipinski definition) is 1. The summed E-state index contributed by atoms with van der Waals surface area (Å²) in [5.41, 5.74) is 7.67. The van der Waals surface area contributed by atoms with Gasteiger partial charge in [0.1, 0.15) is 5.82 Å². The van der Waals surface area contributed by atoms with Crippen LogP contribution in [0.3, 0.4) is 0 Å². The van der Waals surface area contributed by atoms with Gasteiger partial charge in [-0.3, -0.25) is 0 Å². The fourth-order valence-corrected chi connectivity index (χ4v) is 4.02. The van der Waals surface area contributed by atoms with E-state index in [0.29, 0.717) is 0 Å². The summed E-state index contributed by atoms with van der Waals surface area (Å²) >= 11 is 0. The summed E-state index contributed by atoms with van der Waals surface area (Å²) in [4.78, 5) is 8.48. The van der Waals surface area contributed by atoms with Gasteiger partial charge in [-0.25, -0.2) is 4.98 Å². The van der Waals surface area contributed by atoms with Crippen LogP contribution >= 0.6 is 0 Å². The lowest BCUT2D eigenvalue weighted by molar-refractivity contribution is 1.31. The zero-order chi connectivity index (χ0) is 19.2. The second-order valence-corrected chi connectivity index (χ2v) is 7.21. The van der Waals surface area contributed by atoms with Gasteiger partial charge in [0.15, 0.2) is 0 Å². The largest absolute Gasteiger partial charge is 0.337 e. The Kier molecular flexibility index (Phi) is 3.42. The maximum atomic E-state index is 4.93. The number of aromatic nitrogens is 2. The van der Waals surface area contributed by atoms with Crippen LogP contribution in [0.4, 0.5) is 0 Å². The molecule has 29 heavy (non-hydrogen) atoms. The van der Waals surface area contributed by atoms with Crippen LogP contribution in [-0.4, -0.2) is 9.97 Å². The highest BCUT2D eigenvalue weighted by Gasteiger charge is 2.25. The van der Waals surface area contributed by atoms with Crippen molar-refractivity contribution >= 4 is 10.8 Å². The molecule has 2 heteroatoms. The smallest absolute Gasteiger partial charge is 0.138 e. The van der Waals surface area contributed by atoms with Gasteiger partial charge in [0, 0.05) is 33.2 Å². The number of aromatic amines is 1. The molecule has 0 spiro atoms. The Bertz CT molecular complexity index is 1370. The Balaban J connectivity index is 1.36. The third-order valence-corrected chi connectivity index (χ3v) is 5.42. The summed E-state index contributed by atoms with van der Waals surface area (Å²) in [6.07, 6.45) is 0. The van der Waals surface area contributed by atoms with Gasteiger partial charge in [0.2, 0.25) is 0 Å². The van der Waals surface area contributed by atoms with Gasteiger partial charge in [0.05, 0.1) is 11.4 Å². The monoisotopic (exact) mass is 368 g/mol. The third kappa shape index (κ3) is 2.56. The summed E-state index contributed by atoms with van der Waals surface area (Å²) in [5.74, 6) is 7.32. The molecule has 6 rings (SSSR count). The molecule has 5 aromatic rings. The number of nitrogens with one attached hydrogen (secondary N) is 1. The number of benzene rings is 4. The third-order valence-electron chi connectivity index (χ3n) is 5.42. The summed E-state index contributed by atoms with van der Waals surface area (Å²) in [7, 11) is 0. The number of fused-ring (bicyclic) bond motifs is 3. The van der Waals surface area contributed by atoms with Crippen LogP contribution in [0.1, 0.15) is 11.1 Å². The first-order valence-electron chi connectivity index (χ1n) is 9.67. The molecule has 1 heterocycles. The van der Waals surface area contributed by atoms with E-state index < -0.39 is 0 Å². The van der Waals surface area contributed by atoms with Crippen molar-refractivity contribution in [3.05, 3.63) is 102 Å². The first kappa shape index (κ1) is 15.9. The van der Waals surface area contributed by atoms with Crippen LogP contribution in [0.15, 0.2) is 91.0 Å². The van der Waals surface area contributed by atoms with Gasteiger partial charge in [-0.1, -0.05) is 78.6 Å². The molecule has 4 aromatic carbocycles. The maximum absolute atomic E-state index is 4.93. The number of hydrogen-bond acceptors (Lipinski definition) is 1. The van der Waals surface area contributed by atoms with Gasteiger partial charge in [0.25, 0.3) is 0 Å². The average molecular weight is 368 g/mol. The lowest BCUT2D eigenvalue weighted by Crippen LogP contribution is -1.84. The quantitative estimate of drug-likeness (QED) is 0.340. The molecular weight excluding hydrogens is 352 g/mol. The number of imidazole rings is 1. The Hall–Kier alpha value is -4.09. The highest BCUT2D eigenvalue weighted by Crippen LogP contribution is 2.46. The molecule has 134 valence electrons. The Morgan fingerprint density at radius 2 is 1.31 bits per heavy atom. The Morgan fingerprint density at radius 3 is 2.07 bits per heavy atom. The van der Waals surface area contributed by atoms with Gasteiger partial charge in [-0.2, -0.15) is 0 Å². The van der Waals surface area contributed by atoms with E-state index in [0.717, 1.165) is 33.9 Å². The first-order chi connectivity index (χ1) is 14.4. The normalized spacial score (nSPS) is 11.2. The minimum absolute atomic E-state index is 0.893. The van der Waals surface area contributed by atoms with E-state index in [1.165, 1.54) is 21.9 Å². The second kappa shape index (κ2) is 6.22. The van der Waals surface area contributed by atoms with Crippen LogP contribution in [0.25, 0.3) is 44.7 Å². The van der Waals surface area contributed by atoms with E-state index in [4.69, 9.17) is 4.98 Å². The van der Waals surface area contributed by atoms with Crippen molar-refractivity contribution < 1.29 is 0 Å². The van der Waals surface area contributed by atoms with Crippen molar-refractivity contribution in [3.8, 4) is 45.7 Å². The topological polar surface area (TPSA) is 28.7 Å². The molecule has 1 N–H and O–H groups in total. The summed E-state index contributed by atoms with van der Waals surface area (Å²) in [6.45, 7) is 0. The molecule has 0 atom stereocenters. The molecule has 1 aliphatic carbocycles. The highest BCUT2D eigenvalue weighted by molar-refractivity contribution is 6.13. The van der Waals surface area contributed by atoms with Crippen molar-refractivity contribution in [2.45, 2.75) is 0 Å². The molecule has 0 amide bonds. The van der Waals surface area contributed by atoms with Gasteiger partial charge >= 0.3 is 0 Å². The van der Waals surface area contributed by atoms with Gasteiger partial charge < -0.3 is 4.98 Å². The molecule has 0 saturated heterocycles. The molecule has 0 fully saturated rings. The number of nitrogens with zero attached hydrogens (tertiary/aromatic N) is 1. The molecule has 1 aliphatic rings. The highest BCUT2D eigenvalue weighted by atomic mass is 14.9. The van der Waals surface area contributed by atoms with E-state index in [-0.39, 0.29) is 0 Å². The Labute approximate surface area is 168 Å². The average Bonchev–Trinajstić information content (AvgIpc) is 3.34. The predicted molar refractivity (Wildman–Crippen MR) is 118 cm³/mol. The molecular formula is C27H16N2. The first-order valence-corrected chi connectivity index (χ1v) is 9.67. The van der Waals surface area contributed by atoms with Crippen molar-refractivity contribution in [3.63, 3.8) is 0 Å². The van der Waals surface area contributed by atoms with E-state index in [2.05, 4.69) is 65.4 Å². The van der Waals surface area contributed by atoms with Crippen molar-refractivity contribution in [2.75, 3.05) is 0 Å². The zero-order valence-corrected chi connectivity index (χ0v) is 15.6. The molecule has 0 radical (unpaired) electrons. The van der Waals surface area contributed by atoms with Gasteiger partial charge in [-0.15, -0.1) is 0 Å². The van der Waals surface area contributed by atoms with Crippen molar-refractivity contribution in [2.24, 2.45) is 0 Å². The second-order valence-electron chi connectivity index (χ2n) is 7.21. The minimum Gasteiger partial charge on any atom is -0.337 e. The molecule has 0 aliphatic heterocycles. The van der Waals surface area contributed by atoms with Crippen LogP contribution in [0, 0.1) is 11.8 Å². The predicted octanol–water partition coefficient (Wildman–Crippen LogP) is 6.28. The molecule has 0 bridgehead atoms. The van der Waals surface area contributed by atoms with E-state index in [9.17, 15) is 0 Å². The summed E-state index contributed by atoms with van der Waals surface area (Å²) < 4.78 is 0. The van der Waals surface area contributed by atoms with E-state index >= 15 is 0 Å². The molecule has 0 unspecified atom stereocenters.